The summed E-state index contributed by atoms with van der Waals surface area (Å²) in [5, 5.41) is 13.6. The Morgan fingerprint density at radius 1 is 1.53 bits per heavy atom. The van der Waals surface area contributed by atoms with Crippen molar-refractivity contribution in [3.05, 3.63) is 0 Å². The van der Waals surface area contributed by atoms with Gasteiger partial charge in [0.1, 0.15) is 0 Å². The highest BCUT2D eigenvalue weighted by atomic mass is 16.3. The summed E-state index contributed by atoms with van der Waals surface area (Å²) < 4.78 is 0. The molecule has 1 heterocycles. The first-order chi connectivity index (χ1) is 6.95. The number of likely N-dealkylation sites (N-methyl/N-ethyl adjacent to an activating group) is 1. The zero-order valence-corrected chi connectivity index (χ0v) is 10.6. The van der Waals surface area contributed by atoms with Crippen molar-refractivity contribution in [2.75, 3.05) is 26.7 Å². The van der Waals surface area contributed by atoms with Crippen molar-refractivity contribution < 1.29 is 5.11 Å². The third kappa shape index (κ3) is 3.74. The van der Waals surface area contributed by atoms with Gasteiger partial charge in [-0.05, 0) is 39.3 Å². The third-order valence-corrected chi connectivity index (χ3v) is 3.70. The first-order valence-corrected chi connectivity index (χ1v) is 6.07. The molecular weight excluding hydrogens is 188 g/mol. The van der Waals surface area contributed by atoms with Gasteiger partial charge in [-0.25, -0.2) is 0 Å². The minimum Gasteiger partial charge on any atom is -0.389 e. The predicted molar refractivity (Wildman–Crippen MR) is 64.0 cm³/mol. The minimum absolute atomic E-state index is 0.312. The Morgan fingerprint density at radius 2 is 2.20 bits per heavy atom. The summed E-state index contributed by atoms with van der Waals surface area (Å²) in [6, 6.07) is 0.599. The predicted octanol–water partition coefficient (Wildman–Crippen LogP) is 1.08. The number of nitrogens with one attached hydrogen (secondary N) is 1. The minimum atomic E-state index is -0.560. The van der Waals surface area contributed by atoms with Crippen molar-refractivity contribution in [1.82, 2.24) is 10.2 Å². The van der Waals surface area contributed by atoms with Gasteiger partial charge in [0.15, 0.2) is 0 Å². The number of nitrogens with zero attached hydrogens (tertiary/aromatic N) is 1. The molecule has 0 saturated carbocycles. The second-order valence-corrected chi connectivity index (χ2v) is 5.37. The molecule has 15 heavy (non-hydrogen) atoms. The maximum Gasteiger partial charge on any atom is 0.0768 e. The number of β-amino-alcohol motifs (C(OH)–C–C–N with tert-alkyl or cyclic N) is 1. The van der Waals surface area contributed by atoms with Gasteiger partial charge >= 0.3 is 0 Å². The SMILES string of the molecule is CNC1CCCN(CC(C)(O)C(C)C)C1. The molecule has 3 heteroatoms. The lowest BCUT2D eigenvalue weighted by Gasteiger charge is -2.38. The van der Waals surface area contributed by atoms with Crippen LogP contribution in [0, 0.1) is 5.92 Å². The summed E-state index contributed by atoms with van der Waals surface area (Å²) in [5.74, 6) is 0.312. The molecule has 0 radical (unpaired) electrons. The summed E-state index contributed by atoms with van der Waals surface area (Å²) in [6.45, 7) is 9.10. The molecule has 0 bridgehead atoms. The molecule has 1 aliphatic heterocycles. The molecule has 0 aromatic carbocycles. The molecule has 1 rings (SSSR count). The molecule has 0 amide bonds. The lowest BCUT2D eigenvalue weighted by Crippen LogP contribution is -2.51. The van der Waals surface area contributed by atoms with Gasteiger partial charge in [-0.1, -0.05) is 13.8 Å². The summed E-state index contributed by atoms with van der Waals surface area (Å²) >= 11 is 0. The van der Waals surface area contributed by atoms with E-state index in [-0.39, 0.29) is 0 Å². The lowest BCUT2D eigenvalue weighted by molar-refractivity contribution is -0.0250. The van der Waals surface area contributed by atoms with Crippen molar-refractivity contribution in [2.24, 2.45) is 5.92 Å². The molecule has 2 atom stereocenters. The second-order valence-electron chi connectivity index (χ2n) is 5.37. The Labute approximate surface area is 93.9 Å². The lowest BCUT2D eigenvalue weighted by atomic mass is 9.91. The van der Waals surface area contributed by atoms with Crippen LogP contribution in [0.1, 0.15) is 33.6 Å². The Kier molecular flexibility index (Phi) is 4.56. The van der Waals surface area contributed by atoms with E-state index in [2.05, 4.69) is 24.1 Å². The van der Waals surface area contributed by atoms with Crippen LogP contribution in [0.4, 0.5) is 0 Å². The van der Waals surface area contributed by atoms with E-state index in [4.69, 9.17) is 0 Å². The summed E-state index contributed by atoms with van der Waals surface area (Å²) in [4.78, 5) is 2.38. The third-order valence-electron chi connectivity index (χ3n) is 3.70. The van der Waals surface area contributed by atoms with Gasteiger partial charge < -0.3 is 10.4 Å². The molecule has 1 aliphatic rings. The van der Waals surface area contributed by atoms with Crippen LogP contribution < -0.4 is 5.32 Å². The van der Waals surface area contributed by atoms with Gasteiger partial charge in [-0.2, -0.15) is 0 Å². The summed E-state index contributed by atoms with van der Waals surface area (Å²) in [6.07, 6.45) is 2.50. The highest BCUT2D eigenvalue weighted by Crippen LogP contribution is 2.20. The van der Waals surface area contributed by atoms with Crippen LogP contribution in [-0.4, -0.2) is 48.3 Å². The van der Waals surface area contributed by atoms with E-state index in [9.17, 15) is 5.11 Å². The Morgan fingerprint density at radius 3 is 2.73 bits per heavy atom. The fourth-order valence-electron chi connectivity index (χ4n) is 2.07. The highest BCUT2D eigenvalue weighted by Gasteiger charge is 2.29. The molecule has 3 nitrogen and oxygen atoms in total. The number of hydrogen-bond donors (Lipinski definition) is 2. The van der Waals surface area contributed by atoms with Crippen molar-refractivity contribution >= 4 is 0 Å². The van der Waals surface area contributed by atoms with Crippen LogP contribution in [0.5, 0.6) is 0 Å². The molecule has 2 N–H and O–H groups in total. The quantitative estimate of drug-likeness (QED) is 0.735. The average molecular weight is 214 g/mol. The van der Waals surface area contributed by atoms with E-state index in [0.717, 1.165) is 19.6 Å². The largest absolute Gasteiger partial charge is 0.389 e. The standard InChI is InChI=1S/C12H26N2O/c1-10(2)12(3,15)9-14-7-5-6-11(8-14)13-4/h10-11,13,15H,5-9H2,1-4H3. The zero-order valence-electron chi connectivity index (χ0n) is 10.6. The maximum absolute atomic E-state index is 10.2. The normalized spacial score (nSPS) is 28.0. The van der Waals surface area contributed by atoms with Gasteiger partial charge in [0.2, 0.25) is 0 Å². The molecule has 2 unspecified atom stereocenters. The molecule has 0 aliphatic carbocycles. The highest BCUT2D eigenvalue weighted by molar-refractivity contribution is 4.85. The monoisotopic (exact) mass is 214 g/mol. The van der Waals surface area contributed by atoms with E-state index >= 15 is 0 Å². The molecule has 0 spiro atoms. The van der Waals surface area contributed by atoms with Crippen LogP contribution in [0.15, 0.2) is 0 Å². The molecule has 0 aromatic heterocycles. The van der Waals surface area contributed by atoms with Gasteiger partial charge in [0.25, 0.3) is 0 Å². The first-order valence-electron chi connectivity index (χ1n) is 6.07. The molecule has 0 aromatic rings. The topological polar surface area (TPSA) is 35.5 Å². The molecular formula is C12H26N2O. The summed E-state index contributed by atoms with van der Waals surface area (Å²) in [7, 11) is 2.02. The van der Waals surface area contributed by atoms with Crippen LogP contribution in [0.3, 0.4) is 0 Å². The smallest absolute Gasteiger partial charge is 0.0768 e. The fraction of sp³-hybridized carbons (Fsp3) is 1.00. The van der Waals surface area contributed by atoms with Crippen molar-refractivity contribution in [3.63, 3.8) is 0 Å². The Hall–Kier alpha value is -0.120. The second kappa shape index (κ2) is 5.28. The van der Waals surface area contributed by atoms with Crippen molar-refractivity contribution in [3.8, 4) is 0 Å². The van der Waals surface area contributed by atoms with Crippen LogP contribution in [-0.2, 0) is 0 Å². The van der Waals surface area contributed by atoms with E-state index in [1.165, 1.54) is 12.8 Å². The first kappa shape index (κ1) is 12.9. The van der Waals surface area contributed by atoms with Gasteiger partial charge in [-0.15, -0.1) is 0 Å². The van der Waals surface area contributed by atoms with Crippen LogP contribution in [0.25, 0.3) is 0 Å². The number of likely N-dealkylation sites (tertiary alicyclic amines) is 1. The van der Waals surface area contributed by atoms with Crippen LogP contribution >= 0.6 is 0 Å². The van der Waals surface area contributed by atoms with Crippen molar-refractivity contribution in [2.45, 2.75) is 45.3 Å². The van der Waals surface area contributed by atoms with Crippen LogP contribution in [0.2, 0.25) is 0 Å². The number of hydrogen-bond acceptors (Lipinski definition) is 3. The fourth-order valence-corrected chi connectivity index (χ4v) is 2.07. The molecule has 1 fully saturated rings. The average Bonchev–Trinajstić information content (AvgIpc) is 2.17. The molecule has 90 valence electrons. The van der Waals surface area contributed by atoms with Gasteiger partial charge in [-0.3, -0.25) is 4.90 Å². The summed E-state index contributed by atoms with van der Waals surface area (Å²) in [5.41, 5.74) is -0.560. The van der Waals surface area contributed by atoms with E-state index < -0.39 is 5.60 Å². The number of rotatable bonds is 4. The Balaban J connectivity index is 2.44. The van der Waals surface area contributed by atoms with Gasteiger partial charge in [0, 0.05) is 19.1 Å². The van der Waals surface area contributed by atoms with E-state index in [0.29, 0.717) is 12.0 Å². The number of piperidine rings is 1. The molecule has 1 saturated heterocycles. The zero-order chi connectivity index (χ0) is 11.5. The maximum atomic E-state index is 10.2. The Bertz CT molecular complexity index is 192. The van der Waals surface area contributed by atoms with E-state index in [1.807, 2.05) is 14.0 Å². The van der Waals surface area contributed by atoms with Gasteiger partial charge in [0.05, 0.1) is 5.60 Å². The number of aliphatic hydroxyl groups is 1. The van der Waals surface area contributed by atoms with Crippen molar-refractivity contribution in [1.29, 1.82) is 0 Å². The van der Waals surface area contributed by atoms with E-state index in [1.54, 1.807) is 0 Å².